The van der Waals surface area contributed by atoms with Crippen LogP contribution < -0.4 is 0 Å². The Hall–Kier alpha value is -1.77. The first-order valence-electron chi connectivity index (χ1n) is 10.5. The third-order valence-electron chi connectivity index (χ3n) is 8.81. The van der Waals surface area contributed by atoms with Crippen LogP contribution in [-0.4, -0.2) is 23.5 Å². The Kier molecular flexibility index (Phi) is 4.50. The first-order valence-corrected chi connectivity index (χ1v) is 10.5. The number of fused-ring (bicyclic) bond motifs is 5. The fraction of sp³-hybridized carbons (Fsp3) is 0.739. The van der Waals surface area contributed by atoms with Crippen molar-refractivity contribution in [2.24, 2.45) is 28.6 Å². The molecule has 4 rings (SSSR count). The largest absolute Gasteiger partial charge is 0.490 e. The van der Waals surface area contributed by atoms with Gasteiger partial charge < -0.3 is 4.74 Å². The second kappa shape index (κ2) is 6.36. The van der Waals surface area contributed by atoms with Crippen LogP contribution in [0.3, 0.4) is 0 Å². The van der Waals surface area contributed by atoms with E-state index in [1.807, 2.05) is 13.0 Å². The van der Waals surface area contributed by atoms with E-state index in [4.69, 9.17) is 11.2 Å². The summed E-state index contributed by atoms with van der Waals surface area (Å²) in [5.74, 6) is 1.33. The van der Waals surface area contributed by atoms with Gasteiger partial charge in [-0.2, -0.15) is 13.2 Å². The summed E-state index contributed by atoms with van der Waals surface area (Å²) in [5, 5.41) is 0. The van der Waals surface area contributed by atoms with Crippen molar-refractivity contribution >= 4 is 11.8 Å². The monoisotopic (exact) mass is 408 g/mol. The molecule has 158 valence electrons. The van der Waals surface area contributed by atoms with Crippen molar-refractivity contribution in [3.05, 3.63) is 11.6 Å². The molecule has 3 fully saturated rings. The number of ether oxygens (including phenoxy) is 1. The van der Waals surface area contributed by atoms with E-state index in [0.717, 1.165) is 25.7 Å². The highest BCUT2D eigenvalue weighted by Gasteiger charge is 2.66. The van der Waals surface area contributed by atoms with Crippen LogP contribution >= 0.6 is 0 Å². The van der Waals surface area contributed by atoms with Crippen LogP contribution in [0.4, 0.5) is 13.2 Å². The number of hydrogen-bond acceptors (Lipinski definition) is 3. The maximum atomic E-state index is 12.9. The average Bonchev–Trinajstić information content (AvgIpc) is 2.94. The van der Waals surface area contributed by atoms with Crippen molar-refractivity contribution in [2.75, 3.05) is 0 Å². The van der Waals surface area contributed by atoms with Crippen LogP contribution in [0.1, 0.15) is 65.2 Å². The normalized spacial score (nSPS) is 44.1. The molecule has 0 aromatic heterocycles. The molecule has 0 aliphatic heterocycles. The number of ketones is 1. The minimum absolute atomic E-state index is 0.0256. The molecule has 3 saturated carbocycles. The number of hydrogen-bond donors (Lipinski definition) is 0. The standard InChI is InChI=1S/C23H27F3O3/c1-4-22(29-19(28)23(24,25)26)12-9-18-16-6-5-14-13-15(27)7-10-20(14,2)17(16)8-11-21(18,22)3/h1,13,16-18H,5-12H2,2-3H3/t16-,17-,18+,20+,21+,22?/m1/s1. The van der Waals surface area contributed by atoms with Crippen LogP contribution in [0.25, 0.3) is 0 Å². The fourth-order valence-corrected chi connectivity index (χ4v) is 7.21. The molecule has 0 bridgehead atoms. The van der Waals surface area contributed by atoms with Gasteiger partial charge in [-0.1, -0.05) is 25.3 Å². The lowest BCUT2D eigenvalue weighted by Gasteiger charge is -2.58. The number of rotatable bonds is 1. The third-order valence-corrected chi connectivity index (χ3v) is 8.81. The van der Waals surface area contributed by atoms with Gasteiger partial charge in [-0.25, -0.2) is 4.79 Å². The lowest BCUT2D eigenvalue weighted by molar-refractivity contribution is -0.220. The average molecular weight is 408 g/mol. The first-order chi connectivity index (χ1) is 13.5. The lowest BCUT2D eigenvalue weighted by atomic mass is 9.46. The summed E-state index contributed by atoms with van der Waals surface area (Å²) in [6.07, 6.45) is 8.06. The van der Waals surface area contributed by atoms with Crippen LogP contribution in [0.5, 0.6) is 0 Å². The molecule has 0 radical (unpaired) electrons. The van der Waals surface area contributed by atoms with Gasteiger partial charge in [0.25, 0.3) is 0 Å². The van der Waals surface area contributed by atoms with Crippen molar-refractivity contribution in [2.45, 2.75) is 77.0 Å². The molecule has 29 heavy (non-hydrogen) atoms. The van der Waals surface area contributed by atoms with Gasteiger partial charge in [-0.3, -0.25) is 4.79 Å². The molecule has 6 atom stereocenters. The number of halogens is 3. The van der Waals surface area contributed by atoms with Crippen LogP contribution in [0.2, 0.25) is 0 Å². The second-order valence-corrected chi connectivity index (χ2v) is 9.82. The predicted molar refractivity (Wildman–Crippen MR) is 100 cm³/mol. The van der Waals surface area contributed by atoms with E-state index in [2.05, 4.69) is 12.8 Å². The smallest absolute Gasteiger partial charge is 0.439 e. The molecule has 0 spiro atoms. The van der Waals surface area contributed by atoms with Crippen molar-refractivity contribution in [3.8, 4) is 12.3 Å². The van der Waals surface area contributed by atoms with E-state index in [1.54, 1.807) is 0 Å². The zero-order valence-corrected chi connectivity index (χ0v) is 16.9. The Morgan fingerprint density at radius 1 is 1.14 bits per heavy atom. The minimum atomic E-state index is -5.05. The molecule has 0 aromatic carbocycles. The summed E-state index contributed by atoms with van der Waals surface area (Å²) in [6, 6.07) is 0. The Balaban J connectivity index is 1.65. The highest BCUT2D eigenvalue weighted by Crippen LogP contribution is 2.68. The molecular formula is C23H27F3O3. The van der Waals surface area contributed by atoms with Gasteiger partial charge in [0.1, 0.15) is 0 Å². The molecule has 0 heterocycles. The Bertz CT molecular complexity index is 822. The van der Waals surface area contributed by atoms with Crippen LogP contribution in [0.15, 0.2) is 11.6 Å². The van der Waals surface area contributed by atoms with Gasteiger partial charge in [0.15, 0.2) is 11.4 Å². The molecule has 4 aliphatic rings. The van der Waals surface area contributed by atoms with E-state index < -0.39 is 23.2 Å². The van der Waals surface area contributed by atoms with Crippen molar-refractivity contribution in [1.82, 2.24) is 0 Å². The summed E-state index contributed by atoms with van der Waals surface area (Å²) in [7, 11) is 0. The van der Waals surface area contributed by atoms with Crippen molar-refractivity contribution in [1.29, 1.82) is 0 Å². The zero-order chi connectivity index (χ0) is 21.2. The Labute approximate surface area is 169 Å². The summed E-state index contributed by atoms with van der Waals surface area (Å²) in [6.45, 7) is 4.17. The maximum absolute atomic E-state index is 12.9. The molecule has 6 heteroatoms. The number of carbonyl (C=O) groups excluding carboxylic acids is 2. The first kappa shape index (κ1) is 20.5. The lowest BCUT2D eigenvalue weighted by Crippen LogP contribution is -2.56. The maximum Gasteiger partial charge on any atom is 0.490 e. The summed E-state index contributed by atoms with van der Waals surface area (Å²) in [4.78, 5) is 23.6. The summed E-state index contributed by atoms with van der Waals surface area (Å²) in [5.41, 5.74) is -0.952. The molecule has 3 nitrogen and oxygen atoms in total. The van der Waals surface area contributed by atoms with E-state index in [-0.39, 0.29) is 23.5 Å². The van der Waals surface area contributed by atoms with Crippen molar-refractivity contribution in [3.63, 3.8) is 0 Å². The van der Waals surface area contributed by atoms with E-state index in [1.165, 1.54) is 5.57 Å². The van der Waals surface area contributed by atoms with E-state index in [9.17, 15) is 22.8 Å². The molecule has 0 amide bonds. The molecular weight excluding hydrogens is 381 g/mol. The quantitative estimate of drug-likeness (QED) is 0.453. The summed E-state index contributed by atoms with van der Waals surface area (Å²) >= 11 is 0. The van der Waals surface area contributed by atoms with Crippen molar-refractivity contribution < 1.29 is 27.5 Å². The fourth-order valence-electron chi connectivity index (χ4n) is 7.21. The predicted octanol–water partition coefficient (Wildman–Crippen LogP) is 5.00. The molecule has 1 unspecified atom stereocenters. The van der Waals surface area contributed by atoms with Gasteiger partial charge >= 0.3 is 12.1 Å². The molecule has 0 N–H and O–H groups in total. The van der Waals surface area contributed by atoms with E-state index >= 15 is 0 Å². The number of alkyl halides is 3. The van der Waals surface area contributed by atoms with Crippen LogP contribution in [-0.2, 0) is 14.3 Å². The third kappa shape index (κ3) is 2.79. The Morgan fingerprint density at radius 2 is 1.83 bits per heavy atom. The zero-order valence-electron chi connectivity index (χ0n) is 16.9. The number of allylic oxidation sites excluding steroid dienone is 1. The molecule has 0 saturated heterocycles. The molecule has 4 aliphatic carbocycles. The highest BCUT2D eigenvalue weighted by molar-refractivity contribution is 5.91. The minimum Gasteiger partial charge on any atom is -0.439 e. The van der Waals surface area contributed by atoms with Gasteiger partial charge in [-0.15, -0.1) is 6.42 Å². The summed E-state index contributed by atoms with van der Waals surface area (Å²) < 4.78 is 43.8. The van der Waals surface area contributed by atoms with Gasteiger partial charge in [-0.05, 0) is 74.2 Å². The number of carbonyl (C=O) groups is 2. The molecule has 0 aromatic rings. The van der Waals surface area contributed by atoms with Gasteiger partial charge in [0, 0.05) is 11.8 Å². The number of esters is 1. The van der Waals surface area contributed by atoms with Gasteiger partial charge in [0.05, 0.1) is 0 Å². The highest BCUT2D eigenvalue weighted by atomic mass is 19.4. The number of terminal acetylenes is 1. The van der Waals surface area contributed by atoms with E-state index in [0.29, 0.717) is 31.1 Å². The topological polar surface area (TPSA) is 43.4 Å². The van der Waals surface area contributed by atoms with Gasteiger partial charge in [0.2, 0.25) is 0 Å². The van der Waals surface area contributed by atoms with Crippen LogP contribution in [0, 0.1) is 40.9 Å². The second-order valence-electron chi connectivity index (χ2n) is 9.82. The Morgan fingerprint density at radius 3 is 2.48 bits per heavy atom. The SMILES string of the molecule is C#CC1(OC(=O)C(F)(F)F)CC[C@H]2[C@@H]3CCC4=CC(=O)CC[C@]4(C)[C@@H]3CC[C@@]21C.